The third-order valence-corrected chi connectivity index (χ3v) is 12.4. The van der Waals surface area contributed by atoms with Crippen LogP contribution in [0.5, 0.6) is 0 Å². The second-order valence-corrected chi connectivity index (χ2v) is 15.0. The molecule has 0 fully saturated rings. The van der Waals surface area contributed by atoms with Gasteiger partial charge in [0.15, 0.2) is 7.14 Å². The summed E-state index contributed by atoms with van der Waals surface area (Å²) < 4.78 is 22.2. The van der Waals surface area contributed by atoms with Crippen LogP contribution in [0.3, 0.4) is 0 Å². The van der Waals surface area contributed by atoms with Crippen molar-refractivity contribution in [2.75, 3.05) is 0 Å². The smallest absolute Gasteiger partial charge is 0.171 e. The van der Waals surface area contributed by atoms with Gasteiger partial charge in [-0.25, -0.2) is 4.98 Å². The first kappa shape index (κ1) is 29.1. The third-order valence-electron chi connectivity index (χ3n) is 9.36. The normalized spacial score (nSPS) is 11.8. The minimum atomic E-state index is -3.14. The molecule has 4 heteroatoms. The van der Waals surface area contributed by atoms with E-state index >= 15 is 4.57 Å². The summed E-state index contributed by atoms with van der Waals surface area (Å²) in [7, 11) is -3.14. The molecule has 2 heterocycles. The van der Waals surface area contributed by atoms with Crippen LogP contribution in [-0.4, -0.2) is 4.98 Å². The van der Waals surface area contributed by atoms with Gasteiger partial charge in [-0.15, -0.1) is 0 Å². The van der Waals surface area contributed by atoms with Gasteiger partial charge in [0.05, 0.1) is 16.6 Å². The summed E-state index contributed by atoms with van der Waals surface area (Å²) in [5.41, 5.74) is 6.54. The Kier molecular flexibility index (Phi) is 7.08. The van der Waals surface area contributed by atoms with Crippen molar-refractivity contribution < 1.29 is 8.98 Å². The zero-order valence-corrected chi connectivity index (χ0v) is 27.4. The fourth-order valence-corrected chi connectivity index (χ4v) is 9.69. The van der Waals surface area contributed by atoms with E-state index in [1.807, 2.05) is 109 Å². The van der Waals surface area contributed by atoms with Gasteiger partial charge in [0.25, 0.3) is 0 Å². The highest BCUT2D eigenvalue weighted by atomic mass is 31.2. The Balaban J connectivity index is 1.34. The Morgan fingerprint density at radius 2 is 1.02 bits per heavy atom. The largest absolute Gasteiger partial charge is 0.455 e. The topological polar surface area (TPSA) is 43.1 Å². The summed E-state index contributed by atoms with van der Waals surface area (Å²) in [6, 6.07) is 61.1. The van der Waals surface area contributed by atoms with Gasteiger partial charge in [-0.3, -0.25) is 0 Å². The van der Waals surface area contributed by atoms with E-state index in [2.05, 4.69) is 72.8 Å². The summed E-state index contributed by atoms with van der Waals surface area (Å²) >= 11 is 0. The molecule has 2 aromatic heterocycles. The van der Waals surface area contributed by atoms with Crippen LogP contribution in [0, 0.1) is 0 Å². The Morgan fingerprint density at radius 3 is 1.71 bits per heavy atom. The molecule has 0 spiro atoms. The number of furan rings is 1. The van der Waals surface area contributed by atoms with Crippen molar-refractivity contribution in [3.8, 4) is 33.7 Å². The zero-order valence-electron chi connectivity index (χ0n) is 26.5. The molecule has 49 heavy (non-hydrogen) atoms. The number of rotatable bonds is 6. The lowest BCUT2D eigenvalue weighted by molar-refractivity contribution is 0.592. The molecular weight excluding hydrogens is 617 g/mol. The monoisotopic (exact) mass is 647 g/mol. The van der Waals surface area contributed by atoms with Crippen LogP contribution in [0.25, 0.3) is 66.4 Å². The molecular formula is C45H30NO2P. The maximum atomic E-state index is 15.2. The highest BCUT2D eigenvalue weighted by Gasteiger charge is 2.30. The second-order valence-electron chi connectivity index (χ2n) is 12.2. The molecule has 0 aliphatic rings. The number of para-hydroxylation sites is 1. The highest BCUT2D eigenvalue weighted by Crippen LogP contribution is 2.49. The summed E-state index contributed by atoms with van der Waals surface area (Å²) in [5.74, 6) is 0.752. The lowest BCUT2D eigenvalue weighted by Crippen LogP contribution is -2.24. The molecule has 232 valence electrons. The van der Waals surface area contributed by atoms with Crippen molar-refractivity contribution in [2.45, 2.75) is 0 Å². The molecule has 9 aromatic rings. The Morgan fingerprint density at radius 1 is 0.469 bits per heavy atom. The van der Waals surface area contributed by atoms with Gasteiger partial charge in [0, 0.05) is 38.0 Å². The van der Waals surface area contributed by atoms with Gasteiger partial charge in [-0.05, 0) is 28.5 Å². The van der Waals surface area contributed by atoms with Crippen molar-refractivity contribution in [3.05, 3.63) is 182 Å². The summed E-state index contributed by atoms with van der Waals surface area (Å²) in [6.45, 7) is 0. The predicted octanol–water partition coefficient (Wildman–Crippen LogP) is 10.8. The van der Waals surface area contributed by atoms with E-state index in [0.717, 1.165) is 82.3 Å². The predicted molar refractivity (Wildman–Crippen MR) is 205 cm³/mol. The van der Waals surface area contributed by atoms with Gasteiger partial charge in [0.2, 0.25) is 0 Å². The van der Waals surface area contributed by atoms with Crippen LogP contribution in [0.1, 0.15) is 0 Å². The number of pyridine rings is 1. The molecule has 3 nitrogen and oxygen atoms in total. The zero-order chi connectivity index (χ0) is 32.8. The number of nitrogens with zero attached hydrogens (tertiary/aromatic N) is 1. The Hall–Kier alpha value is -6.02. The van der Waals surface area contributed by atoms with Crippen molar-refractivity contribution in [1.29, 1.82) is 0 Å². The van der Waals surface area contributed by atoms with E-state index < -0.39 is 7.14 Å². The Labute approximate surface area is 284 Å². The molecule has 0 atom stereocenters. The lowest BCUT2D eigenvalue weighted by atomic mass is 9.92. The highest BCUT2D eigenvalue weighted by molar-refractivity contribution is 7.85. The van der Waals surface area contributed by atoms with Crippen molar-refractivity contribution in [2.24, 2.45) is 0 Å². The van der Waals surface area contributed by atoms with Gasteiger partial charge in [0.1, 0.15) is 11.3 Å². The average Bonchev–Trinajstić information content (AvgIpc) is 3.59. The molecule has 0 saturated heterocycles. The fourth-order valence-electron chi connectivity index (χ4n) is 7.04. The van der Waals surface area contributed by atoms with Crippen LogP contribution in [0.2, 0.25) is 0 Å². The number of benzene rings is 7. The van der Waals surface area contributed by atoms with E-state index in [0.29, 0.717) is 0 Å². The number of hydrogen-bond donors (Lipinski definition) is 0. The van der Waals surface area contributed by atoms with Crippen molar-refractivity contribution >= 4 is 55.7 Å². The van der Waals surface area contributed by atoms with Crippen LogP contribution in [0.15, 0.2) is 186 Å². The first-order valence-corrected chi connectivity index (χ1v) is 18.1. The minimum Gasteiger partial charge on any atom is -0.455 e. The summed E-state index contributed by atoms with van der Waals surface area (Å²) in [5, 5.41) is 6.60. The molecule has 7 aromatic carbocycles. The molecule has 0 aliphatic carbocycles. The summed E-state index contributed by atoms with van der Waals surface area (Å²) in [4.78, 5) is 5.26. The van der Waals surface area contributed by atoms with Crippen LogP contribution < -0.4 is 15.9 Å². The molecule has 0 aliphatic heterocycles. The van der Waals surface area contributed by atoms with Gasteiger partial charge < -0.3 is 8.98 Å². The standard InChI is InChI=1S/C45H30NO2P/c47-49(34-19-6-2-7-20-34,35-21-8-3-9-22-35)36-29-27-33(28-30-36)44-41(38-25-14-18-31-15-10-11-23-37(31)38)42-43(32-16-4-1-5-17-32)46-40-26-13-12-24-39(40)45(42)48-44/h1-30H. The quantitative estimate of drug-likeness (QED) is 0.169. The SMILES string of the molecule is O=P(c1ccccc1)(c1ccccc1)c1ccc(-c2oc3c(c(-c4ccccc4)nc4ccccc43)c2-c2cccc3ccccc23)cc1. The molecule has 0 amide bonds. The number of aromatic nitrogens is 1. The number of fused-ring (bicyclic) bond motifs is 4. The van der Waals surface area contributed by atoms with Crippen LogP contribution >= 0.6 is 7.14 Å². The maximum absolute atomic E-state index is 15.2. The van der Waals surface area contributed by atoms with Gasteiger partial charge in [-0.1, -0.05) is 170 Å². The average molecular weight is 648 g/mol. The van der Waals surface area contributed by atoms with Crippen molar-refractivity contribution in [1.82, 2.24) is 4.98 Å². The van der Waals surface area contributed by atoms with Crippen LogP contribution in [0.4, 0.5) is 0 Å². The van der Waals surface area contributed by atoms with E-state index in [4.69, 9.17) is 9.40 Å². The Bertz CT molecular complexity index is 2620. The minimum absolute atomic E-state index is 0.752. The number of hydrogen-bond acceptors (Lipinski definition) is 3. The molecule has 0 N–H and O–H groups in total. The van der Waals surface area contributed by atoms with E-state index in [1.54, 1.807) is 0 Å². The van der Waals surface area contributed by atoms with E-state index in [1.165, 1.54) is 0 Å². The lowest BCUT2D eigenvalue weighted by Gasteiger charge is -2.20. The van der Waals surface area contributed by atoms with E-state index in [9.17, 15) is 0 Å². The molecule has 9 rings (SSSR count). The first-order valence-electron chi connectivity index (χ1n) is 16.4. The molecule has 0 radical (unpaired) electrons. The maximum Gasteiger partial charge on any atom is 0.171 e. The molecule has 0 bridgehead atoms. The third kappa shape index (κ3) is 4.82. The van der Waals surface area contributed by atoms with Gasteiger partial charge in [-0.2, -0.15) is 0 Å². The summed E-state index contributed by atoms with van der Waals surface area (Å²) in [6.07, 6.45) is 0. The fraction of sp³-hybridized carbons (Fsp3) is 0. The molecule has 0 unspecified atom stereocenters. The van der Waals surface area contributed by atoms with Gasteiger partial charge >= 0.3 is 0 Å². The molecule has 0 saturated carbocycles. The first-order chi connectivity index (χ1) is 24.2. The van der Waals surface area contributed by atoms with E-state index in [-0.39, 0.29) is 0 Å². The van der Waals surface area contributed by atoms with Crippen LogP contribution in [-0.2, 0) is 4.57 Å². The van der Waals surface area contributed by atoms with Crippen molar-refractivity contribution in [3.63, 3.8) is 0 Å². The second kappa shape index (κ2) is 11.9.